The first-order valence-corrected chi connectivity index (χ1v) is 17.6. The zero-order valence-corrected chi connectivity index (χ0v) is 28.7. The number of unbranched alkanes of at least 4 members (excludes halogenated alkanes) is 10. The van der Waals surface area contributed by atoms with Crippen LogP contribution in [0.5, 0.6) is 0 Å². The summed E-state index contributed by atoms with van der Waals surface area (Å²) >= 11 is 0. The van der Waals surface area contributed by atoms with Gasteiger partial charge < -0.3 is 42.6 Å². The van der Waals surface area contributed by atoms with Gasteiger partial charge in [0.05, 0.1) is 92.5 Å². The van der Waals surface area contributed by atoms with E-state index < -0.39 is 0 Å². The van der Waals surface area contributed by atoms with Crippen LogP contribution in [0.3, 0.4) is 0 Å². The second-order valence-corrected chi connectivity index (χ2v) is 10.8. The van der Waals surface area contributed by atoms with Gasteiger partial charge in [-0.2, -0.15) is 0 Å². The van der Waals surface area contributed by atoms with E-state index in [0.717, 1.165) is 25.7 Å². The number of carbonyl (C=O) groups is 2. The topological polar surface area (TPSA) is 117 Å². The molecule has 0 heterocycles. The second kappa shape index (κ2) is 38.8. The molecule has 0 fully saturated rings. The van der Waals surface area contributed by atoms with E-state index in [1.165, 1.54) is 51.4 Å². The molecular formula is C34H66O11. The van der Waals surface area contributed by atoms with Gasteiger partial charge in [0.15, 0.2) is 0 Å². The Morgan fingerprint density at radius 2 is 0.533 bits per heavy atom. The van der Waals surface area contributed by atoms with Crippen molar-refractivity contribution in [2.75, 3.05) is 106 Å². The lowest BCUT2D eigenvalue weighted by molar-refractivity contribution is -0.146. The molecule has 0 aliphatic carbocycles. The van der Waals surface area contributed by atoms with Crippen LogP contribution in [0.2, 0.25) is 0 Å². The number of esters is 2. The Balaban J connectivity index is 3.15. The first kappa shape index (κ1) is 43.7. The lowest BCUT2D eigenvalue weighted by Crippen LogP contribution is -2.15. The van der Waals surface area contributed by atoms with Crippen molar-refractivity contribution < 1.29 is 52.2 Å². The van der Waals surface area contributed by atoms with E-state index in [-0.39, 0.29) is 25.2 Å². The quantitative estimate of drug-likeness (QED) is 0.0606. The molecule has 0 spiro atoms. The minimum atomic E-state index is -0.148. The van der Waals surface area contributed by atoms with Crippen molar-refractivity contribution in [3.8, 4) is 0 Å². The Labute approximate surface area is 273 Å². The summed E-state index contributed by atoms with van der Waals surface area (Å²) in [6.45, 7) is 11.5. The van der Waals surface area contributed by atoms with Gasteiger partial charge in [-0.05, 0) is 12.8 Å². The van der Waals surface area contributed by atoms with Crippen LogP contribution in [-0.2, 0) is 52.2 Å². The number of hydrogen-bond donors (Lipinski definition) is 0. The maximum Gasteiger partial charge on any atom is 0.305 e. The normalized spacial score (nSPS) is 11.2. The summed E-state index contributed by atoms with van der Waals surface area (Å²) in [7, 11) is 0. The summed E-state index contributed by atoms with van der Waals surface area (Å²) in [5.74, 6) is -0.289. The summed E-state index contributed by atoms with van der Waals surface area (Å²) in [6.07, 6.45) is 14.9. The Kier molecular flexibility index (Phi) is 37.7. The minimum absolute atomic E-state index is 0.141. The molecule has 0 aliphatic heterocycles. The van der Waals surface area contributed by atoms with Crippen LogP contribution in [0.1, 0.15) is 104 Å². The van der Waals surface area contributed by atoms with Crippen molar-refractivity contribution in [2.45, 2.75) is 104 Å². The Morgan fingerprint density at radius 3 is 0.800 bits per heavy atom. The molecule has 0 saturated heterocycles. The number of ether oxygens (including phenoxy) is 9. The second-order valence-electron chi connectivity index (χ2n) is 10.8. The number of carbonyl (C=O) groups excluding carboxylic acids is 2. The van der Waals surface area contributed by atoms with Gasteiger partial charge in [0, 0.05) is 12.8 Å². The fraction of sp³-hybridized carbons (Fsp3) is 0.941. The predicted octanol–water partition coefficient (Wildman–Crippen LogP) is 5.69. The molecule has 0 aromatic heterocycles. The molecule has 0 N–H and O–H groups in total. The van der Waals surface area contributed by atoms with Crippen molar-refractivity contribution in [1.29, 1.82) is 0 Å². The van der Waals surface area contributed by atoms with Gasteiger partial charge in [-0.15, -0.1) is 0 Å². The smallest absolute Gasteiger partial charge is 0.305 e. The van der Waals surface area contributed by atoms with Gasteiger partial charge >= 0.3 is 11.9 Å². The van der Waals surface area contributed by atoms with E-state index in [9.17, 15) is 9.59 Å². The zero-order chi connectivity index (χ0) is 32.7. The lowest BCUT2D eigenvalue weighted by atomic mass is 10.1. The van der Waals surface area contributed by atoms with Crippen molar-refractivity contribution in [3.05, 3.63) is 0 Å². The van der Waals surface area contributed by atoms with Crippen LogP contribution in [0, 0.1) is 0 Å². The number of hydrogen-bond acceptors (Lipinski definition) is 11. The predicted molar refractivity (Wildman–Crippen MR) is 174 cm³/mol. The monoisotopic (exact) mass is 650 g/mol. The summed E-state index contributed by atoms with van der Waals surface area (Å²) in [5.41, 5.74) is 0. The average Bonchev–Trinajstić information content (AvgIpc) is 3.04. The van der Waals surface area contributed by atoms with Gasteiger partial charge in [-0.25, -0.2) is 0 Å². The van der Waals surface area contributed by atoms with E-state index in [1.54, 1.807) is 0 Å². The molecule has 45 heavy (non-hydrogen) atoms. The molecular weight excluding hydrogens is 584 g/mol. The van der Waals surface area contributed by atoms with Crippen LogP contribution >= 0.6 is 0 Å². The molecule has 11 heteroatoms. The fourth-order valence-corrected chi connectivity index (χ4v) is 4.09. The highest BCUT2D eigenvalue weighted by Gasteiger charge is 2.04. The molecule has 0 aromatic rings. The average molecular weight is 651 g/mol. The maximum atomic E-state index is 11.7. The SMILES string of the molecule is CCCCCCCCCC(=O)OCCOCCOCCOCCOCCOCCOCCOCCOC(=O)CCCCCCC. The van der Waals surface area contributed by atoms with E-state index in [2.05, 4.69) is 13.8 Å². The highest BCUT2D eigenvalue weighted by atomic mass is 16.6. The van der Waals surface area contributed by atoms with Crippen molar-refractivity contribution in [3.63, 3.8) is 0 Å². The summed E-state index contributed by atoms with van der Waals surface area (Å²) in [5, 5.41) is 0. The minimum Gasteiger partial charge on any atom is -0.463 e. The van der Waals surface area contributed by atoms with Crippen molar-refractivity contribution in [2.24, 2.45) is 0 Å². The van der Waals surface area contributed by atoms with Crippen LogP contribution in [0.25, 0.3) is 0 Å². The molecule has 0 atom stereocenters. The Hall–Kier alpha value is -1.34. The summed E-state index contributed by atoms with van der Waals surface area (Å²) < 4.78 is 48.5. The van der Waals surface area contributed by atoms with Crippen molar-refractivity contribution >= 4 is 11.9 Å². The molecule has 0 rings (SSSR count). The summed E-state index contributed by atoms with van der Waals surface area (Å²) in [6, 6.07) is 0. The Morgan fingerprint density at radius 1 is 0.311 bits per heavy atom. The highest BCUT2D eigenvalue weighted by molar-refractivity contribution is 5.69. The van der Waals surface area contributed by atoms with Gasteiger partial charge in [0.2, 0.25) is 0 Å². The number of rotatable bonds is 38. The maximum absolute atomic E-state index is 11.7. The third-order valence-electron chi connectivity index (χ3n) is 6.68. The molecule has 0 amide bonds. The fourth-order valence-electron chi connectivity index (χ4n) is 4.09. The van der Waals surface area contributed by atoms with Crippen molar-refractivity contribution in [1.82, 2.24) is 0 Å². The largest absolute Gasteiger partial charge is 0.463 e. The first-order valence-electron chi connectivity index (χ1n) is 17.6. The van der Waals surface area contributed by atoms with Crippen LogP contribution in [-0.4, -0.2) is 118 Å². The van der Waals surface area contributed by atoms with E-state index in [0.29, 0.717) is 105 Å². The van der Waals surface area contributed by atoms with Gasteiger partial charge in [-0.3, -0.25) is 9.59 Å². The molecule has 0 unspecified atom stereocenters. The van der Waals surface area contributed by atoms with E-state index >= 15 is 0 Å². The molecule has 268 valence electrons. The van der Waals surface area contributed by atoms with Gasteiger partial charge in [0.25, 0.3) is 0 Å². The van der Waals surface area contributed by atoms with Gasteiger partial charge in [-0.1, -0.05) is 78.1 Å². The summed E-state index contributed by atoms with van der Waals surface area (Å²) in [4.78, 5) is 23.3. The Bertz CT molecular complexity index is 607. The third kappa shape index (κ3) is 38.8. The van der Waals surface area contributed by atoms with Crippen LogP contribution in [0.4, 0.5) is 0 Å². The standard InChI is InChI=1S/C34H66O11/c1-3-5-7-9-10-12-14-16-34(36)45-32-30-43-28-26-41-24-22-39-20-18-37-17-19-38-21-23-40-25-27-42-29-31-44-33(35)15-13-11-8-6-4-2/h3-32H2,1-2H3. The molecule has 0 saturated carbocycles. The third-order valence-corrected chi connectivity index (χ3v) is 6.68. The molecule has 0 radical (unpaired) electrons. The zero-order valence-electron chi connectivity index (χ0n) is 28.7. The first-order chi connectivity index (χ1) is 22.2. The molecule has 0 aromatic carbocycles. The van der Waals surface area contributed by atoms with E-state index in [1.807, 2.05) is 0 Å². The van der Waals surface area contributed by atoms with Crippen LogP contribution < -0.4 is 0 Å². The van der Waals surface area contributed by atoms with Crippen LogP contribution in [0.15, 0.2) is 0 Å². The molecule has 11 nitrogen and oxygen atoms in total. The molecule has 0 bridgehead atoms. The highest BCUT2D eigenvalue weighted by Crippen LogP contribution is 2.09. The van der Waals surface area contributed by atoms with E-state index in [4.69, 9.17) is 42.6 Å². The van der Waals surface area contributed by atoms with Gasteiger partial charge in [0.1, 0.15) is 13.2 Å². The molecule has 0 aliphatic rings. The lowest BCUT2D eigenvalue weighted by Gasteiger charge is -2.09.